The largest absolute Gasteiger partial charge is 0.481 e. The lowest BCUT2D eigenvalue weighted by Gasteiger charge is -2.11. The molecule has 0 saturated carbocycles. The maximum Gasteiger partial charge on any atom is 0.349 e. The fraction of sp³-hybridized carbons (Fsp3) is 0.0417. The molecule has 0 aliphatic carbocycles. The van der Waals surface area contributed by atoms with Gasteiger partial charge >= 0.3 is 5.97 Å². The molecule has 4 rings (SSSR count). The minimum absolute atomic E-state index is 0.192. The molecule has 0 aromatic heterocycles. The van der Waals surface area contributed by atoms with Crippen LogP contribution in [-0.2, 0) is 4.79 Å². The van der Waals surface area contributed by atoms with E-state index < -0.39 is 5.97 Å². The van der Waals surface area contributed by atoms with Gasteiger partial charge in [0.15, 0.2) is 6.61 Å². The zero-order chi connectivity index (χ0) is 20.2. The number of halogens is 2. The van der Waals surface area contributed by atoms with Crippen molar-refractivity contribution in [2.75, 3.05) is 6.61 Å². The SMILES string of the molecule is O=C(COc1ccc(-c2ccccc2)cc1Br)Oc1ccc2ccccc2c1Br. The standard InChI is InChI=1S/C24H16Br2O3/c25-20-14-18(16-6-2-1-3-7-16)11-12-21(20)28-15-23(27)29-22-13-10-17-8-4-5-9-19(17)24(22)26/h1-14H,15H2. The number of rotatable bonds is 5. The first kappa shape index (κ1) is 19.7. The second-order valence-corrected chi connectivity index (χ2v) is 8.02. The summed E-state index contributed by atoms with van der Waals surface area (Å²) >= 11 is 7.04. The number of carbonyl (C=O) groups is 1. The molecule has 0 unspecified atom stereocenters. The van der Waals surface area contributed by atoms with E-state index in [4.69, 9.17) is 9.47 Å². The summed E-state index contributed by atoms with van der Waals surface area (Å²) in [4.78, 5) is 12.3. The molecular formula is C24H16Br2O3. The van der Waals surface area contributed by atoms with E-state index in [2.05, 4.69) is 31.9 Å². The van der Waals surface area contributed by atoms with Crippen LogP contribution in [0.1, 0.15) is 0 Å². The summed E-state index contributed by atoms with van der Waals surface area (Å²) in [5, 5.41) is 2.05. The zero-order valence-electron chi connectivity index (χ0n) is 15.3. The molecule has 29 heavy (non-hydrogen) atoms. The van der Waals surface area contributed by atoms with Gasteiger partial charge in [-0.05, 0) is 72.0 Å². The lowest BCUT2D eigenvalue weighted by Crippen LogP contribution is -2.18. The molecule has 0 saturated heterocycles. The van der Waals surface area contributed by atoms with Gasteiger partial charge in [-0.3, -0.25) is 0 Å². The lowest BCUT2D eigenvalue weighted by atomic mass is 10.1. The van der Waals surface area contributed by atoms with E-state index in [0.29, 0.717) is 11.5 Å². The van der Waals surface area contributed by atoms with Crippen molar-refractivity contribution in [2.45, 2.75) is 0 Å². The third-order valence-corrected chi connectivity index (χ3v) is 5.87. The third kappa shape index (κ3) is 4.52. The van der Waals surface area contributed by atoms with E-state index in [0.717, 1.165) is 30.8 Å². The van der Waals surface area contributed by atoms with Crippen molar-refractivity contribution in [3.8, 4) is 22.6 Å². The Hall–Kier alpha value is -2.63. The quantitative estimate of drug-likeness (QED) is 0.213. The van der Waals surface area contributed by atoms with Crippen LogP contribution in [0.15, 0.2) is 93.9 Å². The van der Waals surface area contributed by atoms with Crippen LogP contribution in [-0.4, -0.2) is 12.6 Å². The molecule has 0 amide bonds. The van der Waals surface area contributed by atoms with Crippen LogP contribution in [0, 0.1) is 0 Å². The summed E-state index contributed by atoms with van der Waals surface area (Å²) in [6, 6.07) is 27.4. The summed E-state index contributed by atoms with van der Waals surface area (Å²) in [5.41, 5.74) is 2.17. The van der Waals surface area contributed by atoms with Gasteiger partial charge in [0.1, 0.15) is 11.5 Å². The van der Waals surface area contributed by atoms with Crippen molar-refractivity contribution in [1.82, 2.24) is 0 Å². The number of benzene rings is 4. The van der Waals surface area contributed by atoms with E-state index in [1.165, 1.54) is 0 Å². The smallest absolute Gasteiger partial charge is 0.349 e. The fourth-order valence-electron chi connectivity index (χ4n) is 3.01. The van der Waals surface area contributed by atoms with E-state index in [9.17, 15) is 4.79 Å². The Morgan fingerprint density at radius 3 is 2.28 bits per heavy atom. The van der Waals surface area contributed by atoms with Gasteiger partial charge in [-0.1, -0.05) is 66.7 Å². The summed E-state index contributed by atoms with van der Waals surface area (Å²) in [5.74, 6) is 0.579. The molecule has 0 heterocycles. The first-order valence-corrected chi connectivity index (χ1v) is 10.6. The second kappa shape index (κ2) is 8.80. The first-order valence-electron chi connectivity index (χ1n) is 8.97. The van der Waals surface area contributed by atoms with Gasteiger partial charge in [0.05, 0.1) is 8.95 Å². The van der Waals surface area contributed by atoms with Crippen LogP contribution in [0.2, 0.25) is 0 Å². The van der Waals surface area contributed by atoms with Gasteiger partial charge in [0, 0.05) is 0 Å². The van der Waals surface area contributed by atoms with Gasteiger partial charge in [0.25, 0.3) is 0 Å². The topological polar surface area (TPSA) is 35.5 Å². The number of hydrogen-bond acceptors (Lipinski definition) is 3. The summed E-state index contributed by atoms with van der Waals surface area (Å²) < 4.78 is 12.7. The minimum Gasteiger partial charge on any atom is -0.481 e. The molecule has 0 radical (unpaired) electrons. The minimum atomic E-state index is -0.472. The molecule has 3 nitrogen and oxygen atoms in total. The van der Waals surface area contributed by atoms with E-state index in [-0.39, 0.29) is 6.61 Å². The molecule has 4 aromatic carbocycles. The third-order valence-electron chi connectivity index (χ3n) is 4.44. The number of carbonyl (C=O) groups excluding carboxylic acids is 1. The maximum atomic E-state index is 12.3. The molecule has 5 heteroatoms. The maximum absolute atomic E-state index is 12.3. The molecule has 0 aliphatic rings. The molecule has 0 N–H and O–H groups in total. The summed E-state index contributed by atoms with van der Waals surface area (Å²) in [6.07, 6.45) is 0. The van der Waals surface area contributed by atoms with Gasteiger partial charge in [-0.25, -0.2) is 4.79 Å². The molecule has 0 aliphatic heterocycles. The molecule has 0 atom stereocenters. The predicted octanol–water partition coefficient (Wildman–Crippen LogP) is 7.02. The molecule has 0 fully saturated rings. The van der Waals surface area contributed by atoms with Crippen LogP contribution >= 0.6 is 31.9 Å². The summed E-state index contributed by atoms with van der Waals surface area (Å²) in [6.45, 7) is -0.192. The van der Waals surface area contributed by atoms with Crippen LogP contribution in [0.3, 0.4) is 0 Å². The number of fused-ring (bicyclic) bond motifs is 1. The monoisotopic (exact) mass is 510 g/mol. The molecule has 0 spiro atoms. The Kier molecular flexibility index (Phi) is 5.97. The number of ether oxygens (including phenoxy) is 2. The Labute approximate surface area is 185 Å². The number of esters is 1. The molecule has 0 bridgehead atoms. The highest BCUT2D eigenvalue weighted by molar-refractivity contribution is 9.11. The molecular weight excluding hydrogens is 496 g/mol. The van der Waals surface area contributed by atoms with Crippen LogP contribution in [0.5, 0.6) is 11.5 Å². The van der Waals surface area contributed by atoms with E-state index in [1.807, 2.05) is 78.9 Å². The normalized spacial score (nSPS) is 10.7. The van der Waals surface area contributed by atoms with Crippen molar-refractivity contribution >= 4 is 48.6 Å². The predicted molar refractivity (Wildman–Crippen MR) is 122 cm³/mol. The van der Waals surface area contributed by atoms with Gasteiger partial charge in [0.2, 0.25) is 0 Å². The zero-order valence-corrected chi connectivity index (χ0v) is 18.4. The average molecular weight is 512 g/mol. The Bertz CT molecular complexity index is 1170. The Balaban J connectivity index is 1.43. The van der Waals surface area contributed by atoms with Gasteiger partial charge in [-0.15, -0.1) is 0 Å². The summed E-state index contributed by atoms with van der Waals surface area (Å²) in [7, 11) is 0. The second-order valence-electron chi connectivity index (χ2n) is 6.37. The van der Waals surface area contributed by atoms with Crippen molar-refractivity contribution in [1.29, 1.82) is 0 Å². The van der Waals surface area contributed by atoms with Crippen molar-refractivity contribution < 1.29 is 14.3 Å². The Morgan fingerprint density at radius 1 is 0.759 bits per heavy atom. The van der Waals surface area contributed by atoms with E-state index >= 15 is 0 Å². The average Bonchev–Trinajstić information content (AvgIpc) is 2.75. The van der Waals surface area contributed by atoms with Crippen molar-refractivity contribution in [3.05, 3.63) is 93.9 Å². The lowest BCUT2D eigenvalue weighted by molar-refractivity contribution is -0.136. The van der Waals surface area contributed by atoms with Crippen molar-refractivity contribution in [3.63, 3.8) is 0 Å². The highest BCUT2D eigenvalue weighted by Crippen LogP contribution is 2.34. The number of hydrogen-bond donors (Lipinski definition) is 0. The molecule has 4 aromatic rings. The van der Waals surface area contributed by atoms with Crippen LogP contribution in [0.4, 0.5) is 0 Å². The van der Waals surface area contributed by atoms with Gasteiger partial charge < -0.3 is 9.47 Å². The van der Waals surface area contributed by atoms with Crippen molar-refractivity contribution in [2.24, 2.45) is 0 Å². The van der Waals surface area contributed by atoms with Crippen LogP contribution < -0.4 is 9.47 Å². The highest BCUT2D eigenvalue weighted by atomic mass is 79.9. The van der Waals surface area contributed by atoms with Gasteiger partial charge in [-0.2, -0.15) is 0 Å². The fourth-order valence-corrected chi connectivity index (χ4v) is 4.08. The molecule has 144 valence electrons. The first-order chi connectivity index (χ1) is 14.1. The highest BCUT2D eigenvalue weighted by Gasteiger charge is 2.13. The van der Waals surface area contributed by atoms with Crippen LogP contribution in [0.25, 0.3) is 21.9 Å². The Morgan fingerprint density at radius 2 is 1.48 bits per heavy atom. The van der Waals surface area contributed by atoms with E-state index in [1.54, 1.807) is 6.07 Å².